The maximum absolute atomic E-state index is 12.2. The Balaban J connectivity index is 1.64. The molecule has 0 radical (unpaired) electrons. The molecule has 1 aromatic carbocycles. The van der Waals surface area contributed by atoms with Gasteiger partial charge in [-0.3, -0.25) is 14.6 Å². The molecule has 1 fully saturated rings. The third kappa shape index (κ3) is 6.21. The van der Waals surface area contributed by atoms with E-state index in [4.69, 9.17) is 9.47 Å². The van der Waals surface area contributed by atoms with Crippen molar-refractivity contribution in [3.63, 3.8) is 0 Å². The van der Waals surface area contributed by atoms with Crippen molar-refractivity contribution in [3.8, 4) is 11.5 Å². The van der Waals surface area contributed by atoms with E-state index >= 15 is 0 Å². The first-order valence-electron chi connectivity index (χ1n) is 9.15. The summed E-state index contributed by atoms with van der Waals surface area (Å²) in [7, 11) is 1.66. The van der Waals surface area contributed by atoms with Gasteiger partial charge in [0, 0.05) is 45.8 Å². The quantitative estimate of drug-likeness (QED) is 0.677. The number of ether oxygens (including phenoxy) is 2. The van der Waals surface area contributed by atoms with E-state index in [1.165, 1.54) is 0 Å². The second-order valence-corrected chi connectivity index (χ2v) is 6.21. The molecule has 1 aromatic rings. The highest BCUT2D eigenvalue weighted by Gasteiger charge is 2.20. The molecular weight excluding hydrogens is 318 g/mol. The van der Waals surface area contributed by atoms with E-state index in [1.807, 2.05) is 43.0 Å². The molecule has 25 heavy (non-hydrogen) atoms. The van der Waals surface area contributed by atoms with Gasteiger partial charge in [0.2, 0.25) is 5.91 Å². The number of methoxy groups -OCH3 is 1. The SMILES string of the molecule is CCN(CC)C(=O)CN1CCN(CCOc2ccc(OC)cc2)CC1. The molecule has 0 bridgehead atoms. The minimum atomic E-state index is 0.237. The maximum Gasteiger partial charge on any atom is 0.236 e. The summed E-state index contributed by atoms with van der Waals surface area (Å²) in [5, 5.41) is 0. The minimum Gasteiger partial charge on any atom is -0.497 e. The van der Waals surface area contributed by atoms with E-state index in [9.17, 15) is 4.79 Å². The number of carbonyl (C=O) groups is 1. The number of piperazine rings is 1. The van der Waals surface area contributed by atoms with Crippen molar-refractivity contribution in [2.75, 3.05) is 66.1 Å². The van der Waals surface area contributed by atoms with Gasteiger partial charge in [0.25, 0.3) is 0 Å². The van der Waals surface area contributed by atoms with Crippen molar-refractivity contribution >= 4 is 5.91 Å². The van der Waals surface area contributed by atoms with Crippen LogP contribution in [0.2, 0.25) is 0 Å². The van der Waals surface area contributed by atoms with E-state index < -0.39 is 0 Å². The number of hydrogen-bond acceptors (Lipinski definition) is 5. The molecule has 0 N–H and O–H groups in total. The third-order valence-electron chi connectivity index (χ3n) is 4.68. The Bertz CT molecular complexity index is 509. The largest absolute Gasteiger partial charge is 0.497 e. The van der Waals surface area contributed by atoms with Gasteiger partial charge in [0.15, 0.2) is 0 Å². The molecule has 6 heteroatoms. The molecule has 2 rings (SSSR count). The van der Waals surface area contributed by atoms with Crippen LogP contribution in [0.15, 0.2) is 24.3 Å². The Kier molecular flexibility index (Phi) is 8.01. The van der Waals surface area contributed by atoms with Crippen molar-refractivity contribution in [1.82, 2.24) is 14.7 Å². The van der Waals surface area contributed by atoms with Gasteiger partial charge in [-0.2, -0.15) is 0 Å². The summed E-state index contributed by atoms with van der Waals surface area (Å²) in [5.41, 5.74) is 0. The summed E-state index contributed by atoms with van der Waals surface area (Å²) in [6.07, 6.45) is 0. The highest BCUT2D eigenvalue weighted by atomic mass is 16.5. The first-order valence-corrected chi connectivity index (χ1v) is 9.15. The Labute approximate surface area is 151 Å². The van der Waals surface area contributed by atoms with Gasteiger partial charge in [0.05, 0.1) is 13.7 Å². The first-order chi connectivity index (χ1) is 12.2. The van der Waals surface area contributed by atoms with Gasteiger partial charge >= 0.3 is 0 Å². The normalized spacial score (nSPS) is 15.8. The van der Waals surface area contributed by atoms with Crippen molar-refractivity contribution in [2.45, 2.75) is 13.8 Å². The van der Waals surface area contributed by atoms with E-state index in [1.54, 1.807) is 7.11 Å². The lowest BCUT2D eigenvalue weighted by Gasteiger charge is -2.35. The average Bonchev–Trinajstić information content (AvgIpc) is 2.65. The molecule has 1 aliphatic rings. The first kappa shape index (κ1) is 19.5. The number of amides is 1. The lowest BCUT2D eigenvalue weighted by atomic mass is 10.3. The van der Waals surface area contributed by atoms with E-state index in [0.29, 0.717) is 13.2 Å². The molecule has 1 aliphatic heterocycles. The molecule has 1 saturated heterocycles. The van der Waals surface area contributed by atoms with E-state index in [-0.39, 0.29) is 5.91 Å². The Morgan fingerprint density at radius 1 is 1.00 bits per heavy atom. The summed E-state index contributed by atoms with van der Waals surface area (Å²) < 4.78 is 10.9. The fourth-order valence-corrected chi connectivity index (χ4v) is 3.00. The maximum atomic E-state index is 12.2. The molecule has 0 unspecified atom stereocenters. The lowest BCUT2D eigenvalue weighted by Crippen LogP contribution is -2.50. The predicted octanol–water partition coefficient (Wildman–Crippen LogP) is 1.56. The van der Waals surface area contributed by atoms with Crippen LogP contribution in [0.25, 0.3) is 0 Å². The monoisotopic (exact) mass is 349 g/mol. The molecule has 1 heterocycles. The number of likely N-dealkylation sites (N-methyl/N-ethyl adjacent to an activating group) is 1. The van der Waals surface area contributed by atoms with Crippen LogP contribution in [0, 0.1) is 0 Å². The van der Waals surface area contributed by atoms with E-state index in [2.05, 4.69) is 9.80 Å². The molecule has 1 amide bonds. The fourth-order valence-electron chi connectivity index (χ4n) is 3.00. The zero-order valence-corrected chi connectivity index (χ0v) is 15.7. The second kappa shape index (κ2) is 10.3. The van der Waals surface area contributed by atoms with Gasteiger partial charge in [0.1, 0.15) is 18.1 Å². The zero-order valence-electron chi connectivity index (χ0n) is 15.7. The standard InChI is InChI=1S/C19H31N3O3/c1-4-22(5-2)19(23)16-21-12-10-20(11-13-21)14-15-25-18-8-6-17(24-3)7-9-18/h6-9H,4-5,10-16H2,1-3H3. The summed E-state index contributed by atoms with van der Waals surface area (Å²) in [5.74, 6) is 1.94. The van der Waals surface area contributed by atoms with Crippen LogP contribution in [0.3, 0.4) is 0 Å². The van der Waals surface area contributed by atoms with E-state index in [0.717, 1.165) is 57.3 Å². The van der Waals surface area contributed by atoms with Crippen LogP contribution in [0.5, 0.6) is 11.5 Å². The molecular formula is C19H31N3O3. The highest BCUT2D eigenvalue weighted by Crippen LogP contribution is 2.16. The van der Waals surface area contributed by atoms with Crippen molar-refractivity contribution in [3.05, 3.63) is 24.3 Å². The van der Waals surface area contributed by atoms with Crippen molar-refractivity contribution < 1.29 is 14.3 Å². The van der Waals surface area contributed by atoms with Gasteiger partial charge < -0.3 is 14.4 Å². The molecule has 6 nitrogen and oxygen atoms in total. The van der Waals surface area contributed by atoms with Crippen LogP contribution in [0.1, 0.15) is 13.8 Å². The van der Waals surface area contributed by atoms with Crippen LogP contribution in [-0.4, -0.2) is 86.7 Å². The predicted molar refractivity (Wildman–Crippen MR) is 99.3 cm³/mol. The van der Waals surface area contributed by atoms with Gasteiger partial charge in [-0.1, -0.05) is 0 Å². The molecule has 0 atom stereocenters. The van der Waals surface area contributed by atoms with Crippen LogP contribution >= 0.6 is 0 Å². The molecule has 0 aliphatic carbocycles. The molecule has 140 valence electrons. The average molecular weight is 349 g/mol. The van der Waals surface area contributed by atoms with Crippen LogP contribution in [0.4, 0.5) is 0 Å². The molecule has 0 spiro atoms. The summed E-state index contributed by atoms with van der Waals surface area (Å²) in [6.45, 7) is 11.6. The van der Waals surface area contributed by atoms with Gasteiger partial charge in [-0.25, -0.2) is 0 Å². The lowest BCUT2D eigenvalue weighted by molar-refractivity contribution is -0.132. The van der Waals surface area contributed by atoms with Gasteiger partial charge in [-0.05, 0) is 38.1 Å². The fraction of sp³-hybridized carbons (Fsp3) is 0.632. The number of rotatable bonds is 9. The number of nitrogens with zero attached hydrogens (tertiary/aromatic N) is 3. The zero-order chi connectivity index (χ0) is 18.1. The van der Waals surface area contributed by atoms with Crippen molar-refractivity contribution in [2.24, 2.45) is 0 Å². The summed E-state index contributed by atoms with van der Waals surface area (Å²) in [4.78, 5) is 18.7. The minimum absolute atomic E-state index is 0.237. The summed E-state index contributed by atoms with van der Waals surface area (Å²) >= 11 is 0. The topological polar surface area (TPSA) is 45.3 Å². The smallest absolute Gasteiger partial charge is 0.236 e. The highest BCUT2D eigenvalue weighted by molar-refractivity contribution is 5.78. The number of benzene rings is 1. The van der Waals surface area contributed by atoms with Crippen LogP contribution < -0.4 is 9.47 Å². The number of carbonyl (C=O) groups excluding carboxylic acids is 1. The third-order valence-corrected chi connectivity index (χ3v) is 4.68. The van der Waals surface area contributed by atoms with Crippen molar-refractivity contribution in [1.29, 1.82) is 0 Å². The molecule has 0 saturated carbocycles. The summed E-state index contributed by atoms with van der Waals surface area (Å²) in [6, 6.07) is 7.66. The van der Waals surface area contributed by atoms with Crippen LogP contribution in [-0.2, 0) is 4.79 Å². The number of hydrogen-bond donors (Lipinski definition) is 0. The molecule has 0 aromatic heterocycles. The van der Waals surface area contributed by atoms with Gasteiger partial charge in [-0.15, -0.1) is 0 Å². The Morgan fingerprint density at radius 2 is 1.56 bits per heavy atom. The second-order valence-electron chi connectivity index (χ2n) is 6.21. The Morgan fingerprint density at radius 3 is 2.12 bits per heavy atom. The Hall–Kier alpha value is -1.79.